The second-order valence-corrected chi connectivity index (χ2v) is 3.99. The van der Waals surface area contributed by atoms with Gasteiger partial charge in [0.1, 0.15) is 11.9 Å². The Morgan fingerprint density at radius 3 is 2.67 bits per heavy atom. The van der Waals surface area contributed by atoms with Crippen LogP contribution in [-0.2, 0) is 0 Å². The predicted molar refractivity (Wildman–Crippen MR) is 69.1 cm³/mol. The molecule has 1 aromatic heterocycles. The highest BCUT2D eigenvalue weighted by molar-refractivity contribution is 6.30. The molecule has 0 unspecified atom stereocenters. The first-order valence-electron chi connectivity index (χ1n) is 5.19. The summed E-state index contributed by atoms with van der Waals surface area (Å²) in [6.45, 7) is 0. The van der Waals surface area contributed by atoms with Gasteiger partial charge in [-0.1, -0.05) is 29.8 Å². The molecule has 0 radical (unpaired) electrons. The SMILES string of the molecule is N#C/C(=C\c1ccccc1F)c1ccc(Cl)cn1. The number of allylic oxidation sites excluding steroid dienone is 1. The fourth-order valence-corrected chi connectivity index (χ4v) is 1.56. The third-order valence-electron chi connectivity index (χ3n) is 2.33. The van der Waals surface area contributed by atoms with Crippen LogP contribution in [0.3, 0.4) is 0 Å². The van der Waals surface area contributed by atoms with E-state index >= 15 is 0 Å². The fourth-order valence-electron chi connectivity index (χ4n) is 1.45. The van der Waals surface area contributed by atoms with Gasteiger partial charge in [0.2, 0.25) is 0 Å². The number of nitriles is 1. The van der Waals surface area contributed by atoms with Gasteiger partial charge in [-0.15, -0.1) is 0 Å². The van der Waals surface area contributed by atoms with Gasteiger partial charge in [0.25, 0.3) is 0 Å². The molecule has 0 fully saturated rings. The van der Waals surface area contributed by atoms with E-state index in [4.69, 9.17) is 16.9 Å². The Hall–Kier alpha value is -2.18. The van der Waals surface area contributed by atoms with Crippen molar-refractivity contribution < 1.29 is 4.39 Å². The zero-order valence-electron chi connectivity index (χ0n) is 9.27. The molecule has 4 heteroatoms. The van der Waals surface area contributed by atoms with E-state index in [1.165, 1.54) is 18.3 Å². The summed E-state index contributed by atoms with van der Waals surface area (Å²) < 4.78 is 13.5. The average molecular weight is 259 g/mol. The summed E-state index contributed by atoms with van der Waals surface area (Å²) >= 11 is 5.72. The second kappa shape index (κ2) is 5.44. The molecule has 0 amide bonds. The maximum Gasteiger partial charge on any atom is 0.130 e. The monoisotopic (exact) mass is 258 g/mol. The summed E-state index contributed by atoms with van der Waals surface area (Å²) in [5, 5.41) is 9.58. The van der Waals surface area contributed by atoms with Gasteiger partial charge in [0.15, 0.2) is 0 Å². The number of hydrogen-bond acceptors (Lipinski definition) is 2. The Balaban J connectivity index is 2.44. The molecule has 0 aliphatic carbocycles. The number of nitrogens with zero attached hydrogens (tertiary/aromatic N) is 2. The molecule has 0 aliphatic rings. The van der Waals surface area contributed by atoms with E-state index in [1.54, 1.807) is 30.3 Å². The van der Waals surface area contributed by atoms with Crippen LogP contribution in [0.5, 0.6) is 0 Å². The third-order valence-corrected chi connectivity index (χ3v) is 2.55. The highest BCUT2D eigenvalue weighted by Gasteiger charge is 2.04. The van der Waals surface area contributed by atoms with Crippen LogP contribution in [0.2, 0.25) is 5.02 Å². The van der Waals surface area contributed by atoms with Crippen molar-refractivity contribution in [3.63, 3.8) is 0 Å². The van der Waals surface area contributed by atoms with E-state index in [-0.39, 0.29) is 11.4 Å². The van der Waals surface area contributed by atoms with Crippen molar-refractivity contribution in [3.05, 3.63) is 64.7 Å². The molecule has 2 aromatic rings. The molecular formula is C14H8ClFN2. The van der Waals surface area contributed by atoms with Gasteiger partial charge >= 0.3 is 0 Å². The molecule has 0 saturated heterocycles. The van der Waals surface area contributed by atoms with Crippen LogP contribution in [-0.4, -0.2) is 4.98 Å². The molecule has 0 atom stereocenters. The number of benzene rings is 1. The fraction of sp³-hybridized carbons (Fsp3) is 0. The van der Waals surface area contributed by atoms with Crippen molar-refractivity contribution in [2.75, 3.05) is 0 Å². The average Bonchev–Trinajstić information content (AvgIpc) is 2.39. The molecule has 0 saturated carbocycles. The lowest BCUT2D eigenvalue weighted by Crippen LogP contribution is -1.88. The maximum absolute atomic E-state index is 13.5. The van der Waals surface area contributed by atoms with Crippen LogP contribution in [0.1, 0.15) is 11.3 Å². The maximum atomic E-state index is 13.5. The first-order chi connectivity index (χ1) is 8.70. The van der Waals surface area contributed by atoms with E-state index in [0.717, 1.165) is 0 Å². The number of pyridine rings is 1. The smallest absolute Gasteiger partial charge is 0.130 e. The van der Waals surface area contributed by atoms with Gasteiger partial charge in [-0.05, 0) is 24.3 Å². The summed E-state index contributed by atoms with van der Waals surface area (Å²) in [5.41, 5.74) is 1.10. The Bertz CT molecular complexity index is 627. The Labute approximate surface area is 109 Å². The lowest BCUT2D eigenvalue weighted by Gasteiger charge is -2.00. The molecule has 0 aliphatic heterocycles. The molecule has 2 rings (SSSR count). The third kappa shape index (κ3) is 2.73. The summed E-state index contributed by atoms with van der Waals surface area (Å²) in [6.07, 6.45) is 2.91. The number of hydrogen-bond donors (Lipinski definition) is 0. The number of aromatic nitrogens is 1. The Kier molecular flexibility index (Phi) is 3.71. The summed E-state index contributed by atoms with van der Waals surface area (Å²) in [7, 11) is 0. The van der Waals surface area contributed by atoms with E-state index in [1.807, 2.05) is 6.07 Å². The topological polar surface area (TPSA) is 36.7 Å². The van der Waals surface area contributed by atoms with Gasteiger partial charge in [-0.25, -0.2) is 4.39 Å². The van der Waals surface area contributed by atoms with Crippen LogP contribution in [0.4, 0.5) is 4.39 Å². The number of halogens is 2. The molecule has 0 spiro atoms. The molecule has 1 heterocycles. The molecule has 1 aromatic carbocycles. The van der Waals surface area contributed by atoms with Gasteiger partial charge in [-0.2, -0.15) is 5.26 Å². The van der Waals surface area contributed by atoms with Gasteiger partial charge < -0.3 is 0 Å². The molecule has 18 heavy (non-hydrogen) atoms. The molecule has 0 N–H and O–H groups in total. The molecule has 0 bridgehead atoms. The zero-order chi connectivity index (χ0) is 13.0. The van der Waals surface area contributed by atoms with E-state index in [0.29, 0.717) is 16.3 Å². The van der Waals surface area contributed by atoms with Crippen LogP contribution in [0.15, 0.2) is 42.6 Å². The van der Waals surface area contributed by atoms with Gasteiger partial charge in [0, 0.05) is 11.8 Å². The zero-order valence-corrected chi connectivity index (χ0v) is 10.0. The lowest BCUT2D eigenvalue weighted by atomic mass is 10.1. The van der Waals surface area contributed by atoms with Crippen LogP contribution >= 0.6 is 11.6 Å². The van der Waals surface area contributed by atoms with Crippen molar-refractivity contribution in [3.8, 4) is 6.07 Å². The van der Waals surface area contributed by atoms with Crippen molar-refractivity contribution in [2.45, 2.75) is 0 Å². The first kappa shape index (κ1) is 12.3. The quantitative estimate of drug-likeness (QED) is 0.765. The van der Waals surface area contributed by atoms with Crippen LogP contribution in [0.25, 0.3) is 11.6 Å². The Morgan fingerprint density at radius 2 is 2.06 bits per heavy atom. The predicted octanol–water partition coefficient (Wildman–Crippen LogP) is 3.94. The Morgan fingerprint density at radius 1 is 1.28 bits per heavy atom. The number of rotatable bonds is 2. The minimum atomic E-state index is -0.376. The van der Waals surface area contributed by atoms with Crippen molar-refractivity contribution in [1.82, 2.24) is 4.98 Å². The van der Waals surface area contributed by atoms with E-state index < -0.39 is 0 Å². The summed E-state index contributed by atoms with van der Waals surface area (Å²) in [5.74, 6) is -0.376. The van der Waals surface area contributed by atoms with E-state index in [9.17, 15) is 4.39 Å². The van der Waals surface area contributed by atoms with Crippen molar-refractivity contribution in [2.24, 2.45) is 0 Å². The van der Waals surface area contributed by atoms with Gasteiger partial charge in [0.05, 0.1) is 16.3 Å². The lowest BCUT2D eigenvalue weighted by molar-refractivity contribution is 0.625. The largest absolute Gasteiger partial charge is 0.254 e. The summed E-state index contributed by atoms with van der Waals surface area (Å²) in [6, 6.07) is 11.5. The van der Waals surface area contributed by atoms with E-state index in [2.05, 4.69) is 4.98 Å². The molecular weight excluding hydrogens is 251 g/mol. The standard InChI is InChI=1S/C14H8ClFN2/c15-12-5-6-14(18-9-12)11(8-17)7-10-3-1-2-4-13(10)16/h1-7,9H/b11-7+. The van der Waals surface area contributed by atoms with Crippen LogP contribution in [0, 0.1) is 17.1 Å². The minimum Gasteiger partial charge on any atom is -0.254 e. The molecule has 2 nitrogen and oxygen atoms in total. The minimum absolute atomic E-state index is 0.289. The van der Waals surface area contributed by atoms with Crippen molar-refractivity contribution in [1.29, 1.82) is 5.26 Å². The highest BCUT2D eigenvalue weighted by atomic mass is 35.5. The normalized spacial score (nSPS) is 11.1. The second-order valence-electron chi connectivity index (χ2n) is 3.55. The molecule has 88 valence electrons. The van der Waals surface area contributed by atoms with Gasteiger partial charge in [-0.3, -0.25) is 4.98 Å². The highest BCUT2D eigenvalue weighted by Crippen LogP contribution is 2.18. The first-order valence-corrected chi connectivity index (χ1v) is 5.57. The van der Waals surface area contributed by atoms with Crippen LogP contribution < -0.4 is 0 Å². The summed E-state index contributed by atoms with van der Waals surface area (Å²) in [4.78, 5) is 4.03. The van der Waals surface area contributed by atoms with Crippen molar-refractivity contribution >= 4 is 23.3 Å².